The maximum absolute atomic E-state index is 11.1. The molecule has 1 aromatic carbocycles. The number of ether oxygens (including phenoxy) is 1. The molecular formula is C13H15N3O4. The van der Waals surface area contributed by atoms with Gasteiger partial charge in [-0.3, -0.25) is 10.1 Å². The van der Waals surface area contributed by atoms with Gasteiger partial charge in [0.15, 0.2) is 0 Å². The lowest BCUT2D eigenvalue weighted by Gasteiger charge is -2.07. The second-order valence-electron chi connectivity index (χ2n) is 4.22. The first kappa shape index (κ1) is 14.0. The minimum atomic E-state index is -0.494. The predicted molar refractivity (Wildman–Crippen MR) is 71.7 cm³/mol. The van der Waals surface area contributed by atoms with Crippen molar-refractivity contribution < 1.29 is 14.8 Å². The van der Waals surface area contributed by atoms with Crippen molar-refractivity contribution in [2.75, 3.05) is 0 Å². The summed E-state index contributed by atoms with van der Waals surface area (Å²) in [5.74, 6) is 0.576. The molecule has 20 heavy (non-hydrogen) atoms. The van der Waals surface area contributed by atoms with E-state index < -0.39 is 4.92 Å². The number of nitrogens with zero attached hydrogens (tertiary/aromatic N) is 3. The van der Waals surface area contributed by atoms with Gasteiger partial charge < -0.3 is 9.84 Å². The van der Waals surface area contributed by atoms with Crippen LogP contribution in [0, 0.1) is 17.0 Å². The summed E-state index contributed by atoms with van der Waals surface area (Å²) >= 11 is 0. The zero-order chi connectivity index (χ0) is 14.7. The smallest absolute Gasteiger partial charge is 0.353 e. The summed E-state index contributed by atoms with van der Waals surface area (Å²) in [4.78, 5) is 10.6. The second-order valence-corrected chi connectivity index (χ2v) is 4.22. The van der Waals surface area contributed by atoms with Gasteiger partial charge in [-0.05, 0) is 31.5 Å². The third-order valence-electron chi connectivity index (χ3n) is 2.85. The summed E-state index contributed by atoms with van der Waals surface area (Å²) in [7, 11) is 0. The molecule has 106 valence electrons. The molecule has 1 aromatic heterocycles. The van der Waals surface area contributed by atoms with Crippen LogP contribution in [-0.2, 0) is 13.2 Å². The highest BCUT2D eigenvalue weighted by Crippen LogP contribution is 2.34. The summed E-state index contributed by atoms with van der Waals surface area (Å²) in [6, 6.07) is 6.69. The zero-order valence-corrected chi connectivity index (χ0v) is 11.2. The SMILES string of the molecule is CCn1nc(C)c([N+](=O)[O-])c1Oc1ccc(CO)cc1. The maximum Gasteiger partial charge on any atom is 0.353 e. The predicted octanol–water partition coefficient (Wildman–Crippen LogP) is 2.40. The van der Waals surface area contributed by atoms with Gasteiger partial charge in [0.1, 0.15) is 11.4 Å². The van der Waals surface area contributed by atoms with Crippen LogP contribution >= 0.6 is 0 Å². The number of aliphatic hydroxyl groups excluding tert-OH is 1. The van der Waals surface area contributed by atoms with E-state index in [1.54, 1.807) is 31.2 Å². The number of aliphatic hydroxyl groups is 1. The highest BCUT2D eigenvalue weighted by atomic mass is 16.6. The molecule has 2 aromatic rings. The van der Waals surface area contributed by atoms with Gasteiger partial charge in [0, 0.05) is 6.54 Å². The van der Waals surface area contributed by atoms with Crippen molar-refractivity contribution in [1.29, 1.82) is 0 Å². The minimum absolute atomic E-state index is 0.0631. The fraction of sp³-hybridized carbons (Fsp3) is 0.308. The van der Waals surface area contributed by atoms with Crippen LogP contribution in [-0.4, -0.2) is 19.8 Å². The van der Waals surface area contributed by atoms with Crippen LogP contribution < -0.4 is 4.74 Å². The number of nitro groups is 1. The van der Waals surface area contributed by atoms with E-state index in [0.29, 0.717) is 18.0 Å². The molecule has 0 aliphatic rings. The van der Waals surface area contributed by atoms with Gasteiger partial charge >= 0.3 is 5.69 Å². The molecule has 0 amide bonds. The Labute approximate surface area is 115 Å². The fourth-order valence-electron chi connectivity index (χ4n) is 1.85. The number of hydrogen-bond donors (Lipinski definition) is 1. The molecule has 0 spiro atoms. The van der Waals surface area contributed by atoms with Crippen LogP contribution in [0.5, 0.6) is 11.6 Å². The van der Waals surface area contributed by atoms with Gasteiger partial charge in [-0.2, -0.15) is 5.10 Å². The summed E-state index contributed by atoms with van der Waals surface area (Å²) in [5.41, 5.74) is 0.934. The van der Waals surface area contributed by atoms with Gasteiger partial charge in [-0.25, -0.2) is 4.68 Å². The van der Waals surface area contributed by atoms with Crippen LogP contribution in [0.25, 0.3) is 0 Å². The van der Waals surface area contributed by atoms with Crippen LogP contribution in [0.1, 0.15) is 18.2 Å². The first-order chi connectivity index (χ1) is 9.56. The molecule has 2 rings (SSSR count). The summed E-state index contributed by atoms with van der Waals surface area (Å²) in [5, 5.41) is 24.2. The van der Waals surface area contributed by atoms with Crippen molar-refractivity contribution in [3.63, 3.8) is 0 Å². The molecule has 1 heterocycles. The monoisotopic (exact) mass is 277 g/mol. The van der Waals surface area contributed by atoms with Crippen molar-refractivity contribution >= 4 is 5.69 Å². The molecular weight excluding hydrogens is 262 g/mol. The molecule has 0 aliphatic carbocycles. The number of aryl methyl sites for hydroxylation is 2. The lowest BCUT2D eigenvalue weighted by molar-refractivity contribution is -0.386. The first-order valence-corrected chi connectivity index (χ1v) is 6.16. The molecule has 7 heteroatoms. The van der Waals surface area contributed by atoms with E-state index in [1.807, 2.05) is 6.92 Å². The molecule has 0 fully saturated rings. The summed E-state index contributed by atoms with van der Waals surface area (Å²) in [6.07, 6.45) is 0. The maximum atomic E-state index is 11.1. The van der Waals surface area contributed by atoms with Crippen LogP contribution in [0.3, 0.4) is 0 Å². The molecule has 0 radical (unpaired) electrons. The van der Waals surface area contributed by atoms with Gasteiger partial charge in [0.2, 0.25) is 0 Å². The Kier molecular flexibility index (Phi) is 3.99. The standard InChI is InChI=1S/C13H15N3O4/c1-3-15-13(12(16(18)19)9(2)14-15)20-11-6-4-10(8-17)5-7-11/h4-7,17H,3,8H2,1-2H3. The van der Waals surface area contributed by atoms with Gasteiger partial charge in [0.05, 0.1) is 11.5 Å². The van der Waals surface area contributed by atoms with Gasteiger partial charge in [-0.15, -0.1) is 0 Å². The third-order valence-corrected chi connectivity index (χ3v) is 2.85. The zero-order valence-electron chi connectivity index (χ0n) is 11.2. The molecule has 0 aliphatic heterocycles. The number of aromatic nitrogens is 2. The van der Waals surface area contributed by atoms with E-state index in [0.717, 1.165) is 5.56 Å². The van der Waals surface area contributed by atoms with Crippen molar-refractivity contribution in [3.8, 4) is 11.6 Å². The topological polar surface area (TPSA) is 90.4 Å². The normalized spacial score (nSPS) is 10.6. The Morgan fingerprint density at radius 2 is 2.05 bits per heavy atom. The largest absolute Gasteiger partial charge is 0.434 e. The Bertz CT molecular complexity index is 619. The van der Waals surface area contributed by atoms with Crippen LogP contribution in [0.15, 0.2) is 24.3 Å². The van der Waals surface area contributed by atoms with Crippen molar-refractivity contribution in [2.45, 2.75) is 27.0 Å². The van der Waals surface area contributed by atoms with Gasteiger partial charge in [-0.1, -0.05) is 12.1 Å². The van der Waals surface area contributed by atoms with E-state index in [2.05, 4.69) is 5.10 Å². The fourth-order valence-corrected chi connectivity index (χ4v) is 1.85. The molecule has 1 N–H and O–H groups in total. The molecule has 7 nitrogen and oxygen atoms in total. The average Bonchev–Trinajstić information content (AvgIpc) is 2.75. The number of rotatable bonds is 5. The molecule has 0 bridgehead atoms. The molecule has 0 saturated heterocycles. The first-order valence-electron chi connectivity index (χ1n) is 6.16. The van der Waals surface area contributed by atoms with Crippen molar-refractivity contribution in [2.24, 2.45) is 0 Å². The van der Waals surface area contributed by atoms with E-state index >= 15 is 0 Å². The average molecular weight is 277 g/mol. The van der Waals surface area contributed by atoms with E-state index in [9.17, 15) is 10.1 Å². The van der Waals surface area contributed by atoms with Crippen molar-refractivity contribution in [1.82, 2.24) is 9.78 Å². The van der Waals surface area contributed by atoms with Crippen LogP contribution in [0.4, 0.5) is 5.69 Å². The number of hydrogen-bond acceptors (Lipinski definition) is 5. The highest BCUT2D eigenvalue weighted by molar-refractivity contribution is 5.48. The molecule has 0 unspecified atom stereocenters. The Morgan fingerprint density at radius 3 is 2.55 bits per heavy atom. The molecule has 0 atom stereocenters. The number of benzene rings is 1. The van der Waals surface area contributed by atoms with Crippen molar-refractivity contribution in [3.05, 3.63) is 45.6 Å². The molecule has 0 saturated carbocycles. The Morgan fingerprint density at radius 1 is 1.40 bits per heavy atom. The Hall–Kier alpha value is -2.41. The highest BCUT2D eigenvalue weighted by Gasteiger charge is 2.26. The van der Waals surface area contributed by atoms with Crippen LogP contribution in [0.2, 0.25) is 0 Å². The lowest BCUT2D eigenvalue weighted by atomic mass is 10.2. The summed E-state index contributed by atoms with van der Waals surface area (Å²) in [6.45, 7) is 3.81. The third kappa shape index (κ3) is 2.62. The summed E-state index contributed by atoms with van der Waals surface area (Å²) < 4.78 is 7.04. The Balaban J connectivity index is 2.38. The van der Waals surface area contributed by atoms with E-state index in [-0.39, 0.29) is 18.2 Å². The van der Waals surface area contributed by atoms with E-state index in [1.165, 1.54) is 4.68 Å². The second kappa shape index (κ2) is 5.70. The van der Waals surface area contributed by atoms with E-state index in [4.69, 9.17) is 9.84 Å². The lowest BCUT2D eigenvalue weighted by Crippen LogP contribution is -2.01. The quantitative estimate of drug-likeness (QED) is 0.669. The van der Waals surface area contributed by atoms with Gasteiger partial charge in [0.25, 0.3) is 5.88 Å². The minimum Gasteiger partial charge on any atom is -0.434 e.